The van der Waals surface area contributed by atoms with Gasteiger partial charge in [-0.2, -0.15) is 10.2 Å². The minimum Gasteiger partial charge on any atom is -0.326 e. The second kappa shape index (κ2) is 7.11. The van der Waals surface area contributed by atoms with E-state index >= 15 is 0 Å². The maximum atomic E-state index is 12.5. The Morgan fingerprint density at radius 1 is 1.07 bits per heavy atom. The normalized spacial score (nSPS) is 10.9. The first-order valence-corrected chi connectivity index (χ1v) is 8.91. The summed E-state index contributed by atoms with van der Waals surface area (Å²) in [5.74, 6) is 0.124. The van der Waals surface area contributed by atoms with E-state index in [1.165, 1.54) is 4.52 Å². The molecular weight excluding hydrogens is 354 g/mol. The summed E-state index contributed by atoms with van der Waals surface area (Å²) in [4.78, 5) is 24.6. The second-order valence-corrected chi connectivity index (χ2v) is 6.69. The van der Waals surface area contributed by atoms with Crippen molar-refractivity contribution in [2.45, 2.75) is 20.3 Å². The first-order chi connectivity index (χ1) is 13.5. The summed E-state index contributed by atoms with van der Waals surface area (Å²) in [6, 6.07) is 17.0. The number of nitrogens with zero attached hydrogens (tertiary/aromatic N) is 3. The zero-order chi connectivity index (χ0) is 19.7. The minimum atomic E-state index is -0.354. The van der Waals surface area contributed by atoms with Crippen molar-refractivity contribution in [1.29, 1.82) is 0 Å². The fraction of sp³-hybridized carbons (Fsp3) is 0.143. The third-order valence-electron chi connectivity index (χ3n) is 4.65. The van der Waals surface area contributed by atoms with E-state index in [9.17, 15) is 9.59 Å². The van der Waals surface area contributed by atoms with Crippen molar-refractivity contribution in [3.05, 3.63) is 81.9 Å². The quantitative estimate of drug-likeness (QED) is 0.575. The predicted molar refractivity (Wildman–Crippen MR) is 107 cm³/mol. The highest BCUT2D eigenvalue weighted by atomic mass is 16.1. The standard InChI is InChI=1S/C21H19N5O2/c1-13-8-9-16(10-14(13)2)22-20(27)12-19-23-24-21(28)18-11-17(25-26(18)19)15-6-4-3-5-7-15/h3-11H,12H2,1-2H3,(H,22,27)(H,24,28). The Balaban J connectivity index is 1.64. The Morgan fingerprint density at radius 3 is 2.61 bits per heavy atom. The lowest BCUT2D eigenvalue weighted by Crippen LogP contribution is -2.22. The average molecular weight is 373 g/mol. The first-order valence-electron chi connectivity index (χ1n) is 8.91. The minimum absolute atomic E-state index is 0.0177. The lowest BCUT2D eigenvalue weighted by molar-refractivity contribution is -0.115. The highest BCUT2D eigenvalue weighted by molar-refractivity contribution is 5.92. The third kappa shape index (κ3) is 3.42. The Labute approximate surface area is 161 Å². The van der Waals surface area contributed by atoms with Gasteiger partial charge in [-0.25, -0.2) is 9.61 Å². The number of anilines is 1. The van der Waals surface area contributed by atoms with Gasteiger partial charge in [0.25, 0.3) is 5.56 Å². The van der Waals surface area contributed by atoms with Crippen LogP contribution in [0.1, 0.15) is 17.0 Å². The monoisotopic (exact) mass is 373 g/mol. The molecule has 1 amide bonds. The van der Waals surface area contributed by atoms with Crippen LogP contribution in [0.4, 0.5) is 5.69 Å². The van der Waals surface area contributed by atoms with Crippen molar-refractivity contribution in [2.75, 3.05) is 5.32 Å². The van der Waals surface area contributed by atoms with Crippen molar-refractivity contribution in [3.8, 4) is 11.3 Å². The summed E-state index contributed by atoms with van der Waals surface area (Å²) in [7, 11) is 0. The number of aromatic nitrogens is 4. The number of nitrogens with one attached hydrogen (secondary N) is 2. The Bertz CT molecular complexity index is 1220. The first kappa shape index (κ1) is 17.7. The van der Waals surface area contributed by atoms with Gasteiger partial charge in [-0.3, -0.25) is 9.59 Å². The molecule has 2 heterocycles. The summed E-state index contributed by atoms with van der Waals surface area (Å²) in [6.45, 7) is 4.01. The molecule has 0 spiro atoms. The molecule has 4 rings (SSSR count). The summed E-state index contributed by atoms with van der Waals surface area (Å²) in [6.07, 6.45) is -0.0177. The van der Waals surface area contributed by atoms with Gasteiger partial charge in [-0.15, -0.1) is 0 Å². The summed E-state index contributed by atoms with van der Waals surface area (Å²) < 4.78 is 1.43. The van der Waals surface area contributed by atoms with E-state index in [0.717, 1.165) is 22.4 Å². The van der Waals surface area contributed by atoms with Crippen LogP contribution in [0.3, 0.4) is 0 Å². The molecule has 0 aliphatic carbocycles. The molecule has 0 radical (unpaired) electrons. The maximum Gasteiger partial charge on any atom is 0.290 e. The molecule has 0 bridgehead atoms. The van der Waals surface area contributed by atoms with E-state index in [-0.39, 0.29) is 17.9 Å². The van der Waals surface area contributed by atoms with Crippen LogP contribution >= 0.6 is 0 Å². The molecule has 2 aromatic carbocycles. The van der Waals surface area contributed by atoms with Crippen LogP contribution in [-0.2, 0) is 11.2 Å². The SMILES string of the molecule is Cc1ccc(NC(=O)Cc2n[nH]c(=O)c3cc(-c4ccccc4)nn23)cc1C. The van der Waals surface area contributed by atoms with Crippen molar-refractivity contribution < 1.29 is 4.79 Å². The highest BCUT2D eigenvalue weighted by Gasteiger charge is 2.15. The molecule has 0 fully saturated rings. The lowest BCUT2D eigenvalue weighted by atomic mass is 10.1. The smallest absolute Gasteiger partial charge is 0.290 e. The number of carbonyl (C=O) groups excluding carboxylic acids is 1. The fourth-order valence-electron chi connectivity index (χ4n) is 2.99. The molecule has 0 unspecified atom stereocenters. The molecule has 28 heavy (non-hydrogen) atoms. The maximum absolute atomic E-state index is 12.5. The van der Waals surface area contributed by atoms with Crippen LogP contribution in [0, 0.1) is 13.8 Å². The van der Waals surface area contributed by atoms with Gasteiger partial charge < -0.3 is 5.32 Å². The van der Waals surface area contributed by atoms with Crippen LogP contribution < -0.4 is 10.9 Å². The molecule has 0 aliphatic heterocycles. The number of fused-ring (bicyclic) bond motifs is 1. The van der Waals surface area contributed by atoms with E-state index < -0.39 is 0 Å². The van der Waals surface area contributed by atoms with Gasteiger partial charge in [0.15, 0.2) is 5.82 Å². The number of hydrogen-bond donors (Lipinski definition) is 2. The lowest BCUT2D eigenvalue weighted by Gasteiger charge is -2.08. The van der Waals surface area contributed by atoms with Gasteiger partial charge in [0.1, 0.15) is 5.52 Å². The van der Waals surface area contributed by atoms with Gasteiger partial charge in [0.05, 0.1) is 12.1 Å². The zero-order valence-corrected chi connectivity index (χ0v) is 15.6. The van der Waals surface area contributed by atoms with E-state index in [0.29, 0.717) is 17.0 Å². The van der Waals surface area contributed by atoms with E-state index in [4.69, 9.17) is 0 Å². The van der Waals surface area contributed by atoms with Crippen LogP contribution in [0.25, 0.3) is 16.8 Å². The average Bonchev–Trinajstić information content (AvgIpc) is 3.14. The van der Waals surface area contributed by atoms with Gasteiger partial charge in [-0.05, 0) is 43.2 Å². The van der Waals surface area contributed by atoms with Crippen LogP contribution in [0.15, 0.2) is 59.4 Å². The molecule has 0 aliphatic rings. The third-order valence-corrected chi connectivity index (χ3v) is 4.65. The van der Waals surface area contributed by atoms with Gasteiger partial charge >= 0.3 is 0 Å². The van der Waals surface area contributed by atoms with Crippen LogP contribution in [-0.4, -0.2) is 25.7 Å². The molecule has 7 heteroatoms. The molecule has 2 N–H and O–H groups in total. The molecule has 0 atom stereocenters. The topological polar surface area (TPSA) is 92.1 Å². The second-order valence-electron chi connectivity index (χ2n) is 6.69. The number of amides is 1. The van der Waals surface area contributed by atoms with E-state index in [1.54, 1.807) is 6.07 Å². The molecule has 0 saturated carbocycles. The molecule has 2 aromatic heterocycles. The number of H-pyrrole nitrogens is 1. The van der Waals surface area contributed by atoms with Crippen molar-refractivity contribution in [2.24, 2.45) is 0 Å². The Hall–Kier alpha value is -3.74. The number of benzene rings is 2. The Morgan fingerprint density at radius 2 is 1.86 bits per heavy atom. The van der Waals surface area contributed by atoms with E-state index in [1.807, 2.05) is 62.4 Å². The molecular formula is C21H19N5O2. The number of carbonyl (C=O) groups is 1. The number of rotatable bonds is 4. The molecule has 140 valence electrons. The van der Waals surface area contributed by atoms with Crippen molar-refractivity contribution >= 4 is 17.1 Å². The van der Waals surface area contributed by atoms with Crippen LogP contribution in [0.5, 0.6) is 0 Å². The predicted octanol–water partition coefficient (Wildman–Crippen LogP) is 2.88. The zero-order valence-electron chi connectivity index (χ0n) is 15.6. The molecule has 7 nitrogen and oxygen atoms in total. The van der Waals surface area contributed by atoms with Gasteiger partial charge in [-0.1, -0.05) is 36.4 Å². The fourth-order valence-corrected chi connectivity index (χ4v) is 2.99. The number of aromatic amines is 1. The van der Waals surface area contributed by atoms with E-state index in [2.05, 4.69) is 20.6 Å². The van der Waals surface area contributed by atoms with Gasteiger partial charge in [0, 0.05) is 11.3 Å². The van der Waals surface area contributed by atoms with Crippen LogP contribution in [0.2, 0.25) is 0 Å². The van der Waals surface area contributed by atoms with Crippen molar-refractivity contribution in [1.82, 2.24) is 19.8 Å². The molecule has 0 saturated heterocycles. The molecule has 4 aromatic rings. The number of aryl methyl sites for hydroxylation is 2. The number of hydrogen-bond acceptors (Lipinski definition) is 4. The highest BCUT2D eigenvalue weighted by Crippen LogP contribution is 2.18. The Kier molecular flexibility index (Phi) is 4.49. The van der Waals surface area contributed by atoms with Gasteiger partial charge in [0.2, 0.25) is 5.91 Å². The summed E-state index contributed by atoms with van der Waals surface area (Å²) >= 11 is 0. The summed E-state index contributed by atoms with van der Waals surface area (Å²) in [5.41, 5.74) is 4.51. The summed E-state index contributed by atoms with van der Waals surface area (Å²) in [5, 5.41) is 13.8. The van der Waals surface area contributed by atoms with Crippen molar-refractivity contribution in [3.63, 3.8) is 0 Å². The largest absolute Gasteiger partial charge is 0.326 e.